The number of hydrogen-bond donors (Lipinski definition) is 0. The molecule has 3 rings (SSSR count). The van der Waals surface area contributed by atoms with Gasteiger partial charge in [0.1, 0.15) is 0 Å². The second kappa shape index (κ2) is 11.0. The van der Waals surface area contributed by atoms with E-state index in [4.69, 9.17) is 4.99 Å². The third kappa shape index (κ3) is 8.29. The highest BCUT2D eigenvalue weighted by atomic mass is 15.2. The van der Waals surface area contributed by atoms with Gasteiger partial charge in [0.2, 0.25) is 0 Å². The summed E-state index contributed by atoms with van der Waals surface area (Å²) in [5, 5.41) is 0. The van der Waals surface area contributed by atoms with Gasteiger partial charge >= 0.3 is 0 Å². The lowest BCUT2D eigenvalue weighted by molar-refractivity contribution is 0.228. The summed E-state index contributed by atoms with van der Waals surface area (Å²) in [7, 11) is 0. The van der Waals surface area contributed by atoms with Crippen LogP contribution in [0.3, 0.4) is 0 Å². The maximum Gasteiger partial charge on any atom is 0.0541 e. The van der Waals surface area contributed by atoms with Crippen LogP contribution in [0, 0.1) is 33.5 Å². The van der Waals surface area contributed by atoms with Crippen LogP contribution in [-0.2, 0) is 0 Å². The van der Waals surface area contributed by atoms with Crippen molar-refractivity contribution in [2.45, 2.75) is 115 Å². The van der Waals surface area contributed by atoms with E-state index in [2.05, 4.69) is 119 Å². The first-order chi connectivity index (χ1) is 16.8. The van der Waals surface area contributed by atoms with Crippen LogP contribution in [0.25, 0.3) is 0 Å². The van der Waals surface area contributed by atoms with Gasteiger partial charge in [0.15, 0.2) is 0 Å². The molecule has 3 aliphatic rings. The van der Waals surface area contributed by atoms with E-state index >= 15 is 0 Å². The third-order valence-corrected chi connectivity index (χ3v) is 8.65. The Bertz CT molecular complexity index is 957. The zero-order valence-corrected chi connectivity index (χ0v) is 26.5. The Labute approximate surface area is 230 Å². The van der Waals surface area contributed by atoms with Crippen molar-refractivity contribution in [1.29, 1.82) is 0 Å². The minimum Gasteiger partial charge on any atom is -0.298 e. The number of hydrogen-bond acceptors (Lipinski definition) is 2. The molecule has 0 aromatic carbocycles. The van der Waals surface area contributed by atoms with E-state index in [-0.39, 0.29) is 21.7 Å². The number of aliphatic imine (C=N–C) groups is 1. The van der Waals surface area contributed by atoms with Gasteiger partial charge in [0.25, 0.3) is 0 Å². The fraction of sp³-hybridized carbons (Fsp3) is 0.743. The van der Waals surface area contributed by atoms with Crippen LogP contribution in [-0.4, -0.2) is 36.8 Å². The molecule has 2 nitrogen and oxygen atoms in total. The molecule has 0 spiro atoms. The van der Waals surface area contributed by atoms with Crippen molar-refractivity contribution < 1.29 is 0 Å². The predicted molar refractivity (Wildman–Crippen MR) is 164 cm³/mol. The molecular formula is C35H58N2. The average molecular weight is 507 g/mol. The van der Waals surface area contributed by atoms with Crippen LogP contribution in [0.5, 0.6) is 0 Å². The number of allylic oxidation sites excluding steroid dienone is 7. The molecule has 37 heavy (non-hydrogen) atoms. The molecule has 2 aliphatic carbocycles. The number of likely N-dealkylation sites (tertiary alicyclic amines) is 1. The van der Waals surface area contributed by atoms with Gasteiger partial charge in [0.05, 0.1) is 6.54 Å². The van der Waals surface area contributed by atoms with Crippen molar-refractivity contribution in [3.05, 3.63) is 46.6 Å². The molecular weight excluding hydrogens is 448 g/mol. The third-order valence-electron chi connectivity index (χ3n) is 8.65. The average Bonchev–Trinajstić information content (AvgIpc) is 3.17. The number of rotatable bonds is 5. The minimum atomic E-state index is 0.172. The summed E-state index contributed by atoms with van der Waals surface area (Å²) in [6.07, 6.45) is 17.2. The topological polar surface area (TPSA) is 15.6 Å². The molecule has 3 unspecified atom stereocenters. The minimum absolute atomic E-state index is 0.172. The highest BCUT2D eigenvalue weighted by Gasteiger charge is 2.32. The van der Waals surface area contributed by atoms with Crippen LogP contribution in [0.4, 0.5) is 0 Å². The monoisotopic (exact) mass is 506 g/mol. The summed E-state index contributed by atoms with van der Waals surface area (Å²) >= 11 is 0. The molecule has 1 aliphatic heterocycles. The summed E-state index contributed by atoms with van der Waals surface area (Å²) in [5.41, 5.74) is 6.96. The molecule has 0 amide bonds. The fourth-order valence-electron chi connectivity index (χ4n) is 5.88. The lowest BCUT2D eigenvalue weighted by Gasteiger charge is -2.36. The van der Waals surface area contributed by atoms with Crippen molar-refractivity contribution in [3.8, 4) is 0 Å². The van der Waals surface area contributed by atoms with Gasteiger partial charge in [-0.2, -0.15) is 0 Å². The van der Waals surface area contributed by atoms with Crippen molar-refractivity contribution in [2.24, 2.45) is 38.5 Å². The summed E-state index contributed by atoms with van der Waals surface area (Å²) < 4.78 is 0. The SMILES string of the molecule is CC(C)(C)C1=CC(/C=N/CC2CCCN2CC2C=C(C(C)(C)C)C=C(C(C)(C)C)C2)CC(C(C)(C)C)=C1. The largest absolute Gasteiger partial charge is 0.298 e. The molecule has 0 radical (unpaired) electrons. The van der Waals surface area contributed by atoms with Crippen molar-refractivity contribution in [2.75, 3.05) is 19.6 Å². The molecule has 3 atom stereocenters. The Morgan fingerprint density at radius 1 is 0.757 bits per heavy atom. The van der Waals surface area contributed by atoms with Crippen LogP contribution in [0.1, 0.15) is 109 Å². The Morgan fingerprint density at radius 2 is 1.30 bits per heavy atom. The quantitative estimate of drug-likeness (QED) is 0.339. The van der Waals surface area contributed by atoms with Gasteiger partial charge < -0.3 is 0 Å². The molecule has 2 heteroatoms. The first kappa shape index (κ1) is 30.1. The van der Waals surface area contributed by atoms with E-state index < -0.39 is 0 Å². The molecule has 0 saturated carbocycles. The van der Waals surface area contributed by atoms with E-state index in [0.717, 1.165) is 13.0 Å². The first-order valence-corrected chi connectivity index (χ1v) is 14.9. The van der Waals surface area contributed by atoms with Gasteiger partial charge in [-0.1, -0.05) is 119 Å². The predicted octanol–water partition coefficient (Wildman–Crippen LogP) is 9.45. The van der Waals surface area contributed by atoms with E-state index in [1.54, 1.807) is 11.1 Å². The van der Waals surface area contributed by atoms with E-state index in [0.29, 0.717) is 17.9 Å². The van der Waals surface area contributed by atoms with E-state index in [1.165, 1.54) is 43.5 Å². The summed E-state index contributed by atoms with van der Waals surface area (Å²) in [4.78, 5) is 7.85. The van der Waals surface area contributed by atoms with Crippen LogP contribution >= 0.6 is 0 Å². The highest BCUT2D eigenvalue weighted by Crippen LogP contribution is 2.42. The smallest absolute Gasteiger partial charge is 0.0541 e. The van der Waals surface area contributed by atoms with Crippen LogP contribution in [0.15, 0.2) is 51.6 Å². The van der Waals surface area contributed by atoms with Crippen molar-refractivity contribution >= 4 is 6.21 Å². The first-order valence-electron chi connectivity index (χ1n) is 14.9. The zero-order valence-electron chi connectivity index (χ0n) is 26.5. The lowest BCUT2D eigenvalue weighted by Crippen LogP contribution is -2.37. The molecule has 0 N–H and O–H groups in total. The van der Waals surface area contributed by atoms with E-state index in [1.807, 2.05) is 0 Å². The Hall–Kier alpha value is -1.41. The van der Waals surface area contributed by atoms with Crippen LogP contribution in [0.2, 0.25) is 0 Å². The molecule has 0 aromatic heterocycles. The second-order valence-corrected chi connectivity index (χ2v) is 16.2. The zero-order chi connectivity index (χ0) is 27.8. The second-order valence-electron chi connectivity index (χ2n) is 16.2. The fourth-order valence-corrected chi connectivity index (χ4v) is 5.88. The molecule has 0 aromatic rings. The summed E-state index contributed by atoms with van der Waals surface area (Å²) in [6, 6.07) is 0.582. The standard InChI is InChI=1S/C35H58N2/c1-32(2,3)27-16-25(17-28(20-27)33(4,5)6)22-36-23-31-14-13-15-37(31)24-26-18-29(34(7,8)9)21-30(19-26)35(10,11)12/h16,18,20-22,25-26,31H,13-15,17,19,23-24H2,1-12H3/b36-22+. The maximum atomic E-state index is 5.10. The Kier molecular flexibility index (Phi) is 8.95. The number of nitrogens with zero attached hydrogens (tertiary/aromatic N) is 2. The van der Waals surface area contributed by atoms with Crippen molar-refractivity contribution in [3.63, 3.8) is 0 Å². The Morgan fingerprint density at radius 3 is 1.84 bits per heavy atom. The molecule has 1 saturated heterocycles. The molecule has 1 heterocycles. The summed E-state index contributed by atoms with van der Waals surface area (Å²) in [6.45, 7) is 31.6. The summed E-state index contributed by atoms with van der Waals surface area (Å²) in [5.74, 6) is 1.02. The van der Waals surface area contributed by atoms with Gasteiger partial charge in [0, 0.05) is 24.7 Å². The van der Waals surface area contributed by atoms with Gasteiger partial charge in [-0.05, 0) is 71.0 Å². The van der Waals surface area contributed by atoms with E-state index in [9.17, 15) is 0 Å². The molecule has 208 valence electrons. The van der Waals surface area contributed by atoms with Gasteiger partial charge in [-0.3, -0.25) is 9.89 Å². The van der Waals surface area contributed by atoms with Gasteiger partial charge in [-0.25, -0.2) is 0 Å². The maximum absolute atomic E-state index is 5.10. The lowest BCUT2D eigenvalue weighted by atomic mass is 9.72. The normalized spacial score (nSPS) is 26.8. The molecule has 0 bridgehead atoms. The van der Waals surface area contributed by atoms with Crippen molar-refractivity contribution in [1.82, 2.24) is 4.90 Å². The van der Waals surface area contributed by atoms with Crippen LogP contribution < -0.4 is 0 Å². The van der Waals surface area contributed by atoms with Gasteiger partial charge in [-0.15, -0.1) is 0 Å². The highest BCUT2D eigenvalue weighted by molar-refractivity contribution is 5.66. The Balaban J connectivity index is 1.68. The molecule has 1 fully saturated rings.